The molecule has 7 nitrogen and oxygen atoms in total. The molecular formula is C31H29FN4O3S. The molecule has 0 spiro atoms. The molecule has 3 aromatic carbocycles. The normalized spacial score (nSPS) is 17.4. The van der Waals surface area contributed by atoms with Crippen molar-refractivity contribution in [3.05, 3.63) is 101 Å². The second-order valence-corrected chi connectivity index (χ2v) is 11.0. The first-order valence-corrected chi connectivity index (χ1v) is 14.3. The van der Waals surface area contributed by atoms with E-state index in [0.717, 1.165) is 27.9 Å². The van der Waals surface area contributed by atoms with Gasteiger partial charge in [0.1, 0.15) is 18.2 Å². The number of aryl methyl sites for hydroxylation is 1. The van der Waals surface area contributed by atoms with E-state index in [9.17, 15) is 14.0 Å². The van der Waals surface area contributed by atoms with Gasteiger partial charge in [0.2, 0.25) is 11.8 Å². The van der Waals surface area contributed by atoms with Gasteiger partial charge in [-0.15, -0.1) is 11.8 Å². The number of nitrogens with zero attached hydrogens (tertiary/aromatic N) is 4. The minimum absolute atomic E-state index is 0.117. The van der Waals surface area contributed by atoms with E-state index in [1.165, 1.54) is 23.9 Å². The molecule has 0 N–H and O–H groups in total. The Balaban J connectivity index is 1.58. The lowest BCUT2D eigenvalue weighted by Gasteiger charge is -2.30. The summed E-state index contributed by atoms with van der Waals surface area (Å²) >= 11 is 1.43. The highest BCUT2D eigenvalue weighted by atomic mass is 32.2. The second kappa shape index (κ2) is 11.3. The summed E-state index contributed by atoms with van der Waals surface area (Å²) in [6.45, 7) is 3.82. The Morgan fingerprint density at radius 2 is 1.77 bits per heavy atom. The van der Waals surface area contributed by atoms with Crippen LogP contribution in [0.5, 0.6) is 0 Å². The summed E-state index contributed by atoms with van der Waals surface area (Å²) < 4.78 is 21.7. The van der Waals surface area contributed by atoms with Gasteiger partial charge in [0.15, 0.2) is 0 Å². The molecule has 3 heterocycles. The van der Waals surface area contributed by atoms with Gasteiger partial charge in [-0.25, -0.2) is 9.07 Å². The number of halogens is 1. The lowest BCUT2D eigenvalue weighted by Crippen LogP contribution is -2.48. The topological polar surface area (TPSA) is 67.7 Å². The fourth-order valence-electron chi connectivity index (χ4n) is 5.18. The predicted molar refractivity (Wildman–Crippen MR) is 154 cm³/mol. The Morgan fingerprint density at radius 1 is 1.02 bits per heavy atom. The predicted octanol–water partition coefficient (Wildman–Crippen LogP) is 5.01. The number of amides is 2. The van der Waals surface area contributed by atoms with Crippen LogP contribution in [0.25, 0.3) is 16.9 Å². The van der Waals surface area contributed by atoms with Crippen molar-refractivity contribution in [1.29, 1.82) is 0 Å². The number of hydrogen-bond acceptors (Lipinski definition) is 5. The molecule has 2 amide bonds. The molecule has 4 aromatic rings. The zero-order valence-electron chi connectivity index (χ0n) is 22.1. The second-order valence-electron chi connectivity index (χ2n) is 9.92. The number of thioether (sulfide) groups is 1. The molecule has 1 aromatic heterocycles. The standard InChI is InChI=1S/C31H29FN4O3S/c1-21-10-12-25(13-11-21)36-31-28(29(33-36)22-6-3-2-4-7-22)30(23-8-5-9-24(32)18-23)40-20-27(38)35(31)19-26(37)34-14-16-39-17-15-34/h2-13,18,30H,14-17,19-20H2,1H3/t30-/m1/s1. The SMILES string of the molecule is Cc1ccc(-n2nc(-c3ccccc3)c3c2N(CC(=O)N2CCOCC2)C(=O)CS[C@@H]3c2cccc(F)c2)cc1. The van der Waals surface area contributed by atoms with Crippen molar-refractivity contribution in [2.24, 2.45) is 0 Å². The van der Waals surface area contributed by atoms with Crippen LogP contribution in [0, 0.1) is 12.7 Å². The van der Waals surface area contributed by atoms with Crippen LogP contribution in [0.3, 0.4) is 0 Å². The van der Waals surface area contributed by atoms with Gasteiger partial charge in [-0.05, 0) is 36.8 Å². The van der Waals surface area contributed by atoms with Crippen LogP contribution >= 0.6 is 11.8 Å². The Morgan fingerprint density at radius 3 is 2.50 bits per heavy atom. The van der Waals surface area contributed by atoms with E-state index in [2.05, 4.69) is 0 Å². The van der Waals surface area contributed by atoms with Crippen molar-refractivity contribution < 1.29 is 18.7 Å². The third-order valence-corrected chi connectivity index (χ3v) is 8.48. The molecule has 0 saturated carbocycles. The van der Waals surface area contributed by atoms with E-state index in [4.69, 9.17) is 9.84 Å². The first-order valence-electron chi connectivity index (χ1n) is 13.3. The van der Waals surface area contributed by atoms with E-state index in [-0.39, 0.29) is 35.2 Å². The Labute approximate surface area is 236 Å². The minimum Gasteiger partial charge on any atom is -0.378 e. The van der Waals surface area contributed by atoms with Crippen LogP contribution in [0.15, 0.2) is 78.9 Å². The van der Waals surface area contributed by atoms with E-state index in [1.807, 2.05) is 67.6 Å². The van der Waals surface area contributed by atoms with Crippen LogP contribution < -0.4 is 4.90 Å². The maximum Gasteiger partial charge on any atom is 0.242 e. The maximum absolute atomic E-state index is 14.5. The monoisotopic (exact) mass is 556 g/mol. The summed E-state index contributed by atoms with van der Waals surface area (Å²) in [4.78, 5) is 30.6. The number of anilines is 1. The van der Waals surface area contributed by atoms with Crippen LogP contribution in [-0.4, -0.2) is 65.1 Å². The van der Waals surface area contributed by atoms with Crippen molar-refractivity contribution >= 4 is 29.4 Å². The van der Waals surface area contributed by atoms with Crippen molar-refractivity contribution in [3.63, 3.8) is 0 Å². The molecule has 9 heteroatoms. The van der Waals surface area contributed by atoms with Gasteiger partial charge in [0, 0.05) is 24.2 Å². The zero-order chi connectivity index (χ0) is 27.6. The van der Waals surface area contributed by atoms with Crippen molar-refractivity contribution in [1.82, 2.24) is 14.7 Å². The fraction of sp³-hybridized carbons (Fsp3) is 0.258. The van der Waals surface area contributed by atoms with Gasteiger partial charge in [-0.2, -0.15) is 5.10 Å². The Kier molecular flexibility index (Phi) is 7.40. The Bertz CT molecular complexity index is 1530. The minimum atomic E-state index is -0.382. The molecule has 40 heavy (non-hydrogen) atoms. The third-order valence-electron chi connectivity index (χ3n) is 7.22. The number of fused-ring (bicyclic) bond motifs is 1. The van der Waals surface area contributed by atoms with Crippen molar-refractivity contribution in [3.8, 4) is 16.9 Å². The highest BCUT2D eigenvalue weighted by molar-refractivity contribution is 8.00. The quantitative estimate of drug-likeness (QED) is 0.346. The highest BCUT2D eigenvalue weighted by Gasteiger charge is 2.38. The smallest absolute Gasteiger partial charge is 0.242 e. The lowest BCUT2D eigenvalue weighted by atomic mass is 9.99. The first kappa shape index (κ1) is 26.3. The number of hydrogen-bond donors (Lipinski definition) is 0. The Hall–Kier alpha value is -3.95. The molecule has 0 aliphatic carbocycles. The van der Waals surface area contributed by atoms with Gasteiger partial charge in [0.05, 0.1) is 35.6 Å². The molecule has 0 bridgehead atoms. The van der Waals surface area contributed by atoms with Crippen LogP contribution in [0.1, 0.15) is 21.9 Å². The molecule has 2 aliphatic heterocycles. The molecule has 2 aliphatic rings. The van der Waals surface area contributed by atoms with Gasteiger partial charge in [0.25, 0.3) is 0 Å². The van der Waals surface area contributed by atoms with Gasteiger partial charge >= 0.3 is 0 Å². The van der Waals surface area contributed by atoms with E-state index in [1.54, 1.807) is 20.5 Å². The summed E-state index contributed by atoms with van der Waals surface area (Å²) in [7, 11) is 0. The third kappa shape index (κ3) is 5.14. The molecule has 1 saturated heterocycles. The zero-order valence-corrected chi connectivity index (χ0v) is 22.9. The average Bonchev–Trinajstić information content (AvgIpc) is 3.30. The maximum atomic E-state index is 14.5. The molecule has 0 radical (unpaired) electrons. The lowest BCUT2D eigenvalue weighted by molar-refractivity contribution is -0.134. The number of morpholine rings is 1. The van der Waals surface area contributed by atoms with Gasteiger partial charge in [-0.1, -0.05) is 60.2 Å². The average molecular weight is 557 g/mol. The van der Waals surface area contributed by atoms with Gasteiger partial charge in [-0.3, -0.25) is 14.5 Å². The van der Waals surface area contributed by atoms with Crippen LogP contribution in [0.2, 0.25) is 0 Å². The van der Waals surface area contributed by atoms with Crippen LogP contribution in [0.4, 0.5) is 10.2 Å². The molecular weight excluding hydrogens is 527 g/mol. The van der Waals surface area contributed by atoms with E-state index < -0.39 is 0 Å². The number of rotatable bonds is 5. The first-order chi connectivity index (χ1) is 19.5. The summed E-state index contributed by atoms with van der Waals surface area (Å²) in [5, 5.41) is 4.70. The summed E-state index contributed by atoms with van der Waals surface area (Å²) in [5.41, 5.74) is 4.94. The van der Waals surface area contributed by atoms with E-state index in [0.29, 0.717) is 37.8 Å². The number of benzene rings is 3. The molecule has 6 rings (SSSR count). The summed E-state index contributed by atoms with van der Waals surface area (Å²) in [5.74, 6) is -0.0151. The molecule has 1 fully saturated rings. The largest absolute Gasteiger partial charge is 0.378 e. The molecule has 1 atom stereocenters. The number of carbonyl (C=O) groups excluding carboxylic acids is 2. The summed E-state index contributed by atoms with van der Waals surface area (Å²) in [6.07, 6.45) is 0. The molecule has 204 valence electrons. The van der Waals surface area contributed by atoms with Crippen molar-refractivity contribution in [2.45, 2.75) is 12.2 Å². The number of carbonyl (C=O) groups is 2. The molecule has 0 unspecified atom stereocenters. The van der Waals surface area contributed by atoms with E-state index >= 15 is 0 Å². The highest BCUT2D eigenvalue weighted by Crippen LogP contribution is 2.48. The van der Waals surface area contributed by atoms with Gasteiger partial charge < -0.3 is 9.64 Å². The number of aromatic nitrogens is 2. The number of ether oxygens (including phenoxy) is 1. The van der Waals surface area contributed by atoms with Crippen LogP contribution in [-0.2, 0) is 14.3 Å². The fourth-order valence-corrected chi connectivity index (χ4v) is 6.36. The van der Waals surface area contributed by atoms with Crippen molar-refractivity contribution in [2.75, 3.05) is 43.5 Å². The summed E-state index contributed by atoms with van der Waals surface area (Å²) in [6, 6.07) is 24.2.